The van der Waals surface area contributed by atoms with E-state index in [4.69, 9.17) is 9.47 Å². The maximum Gasteiger partial charge on any atom is 0.220 e. The van der Waals surface area contributed by atoms with Crippen molar-refractivity contribution in [2.75, 3.05) is 6.61 Å². The van der Waals surface area contributed by atoms with Crippen LogP contribution in [0.25, 0.3) is 0 Å². The topological polar surface area (TPSA) is 47.6 Å². The molecule has 0 saturated carbocycles. The average Bonchev–Trinajstić information content (AvgIpc) is 2.39. The Morgan fingerprint density at radius 2 is 2.06 bits per heavy atom. The van der Waals surface area contributed by atoms with Gasteiger partial charge in [0.2, 0.25) is 5.91 Å². The van der Waals surface area contributed by atoms with Crippen molar-refractivity contribution >= 4 is 5.91 Å². The molecule has 0 aromatic heterocycles. The lowest BCUT2D eigenvalue weighted by atomic mass is 10.00. The number of carbonyl (C=O) groups excluding carboxylic acids is 1. The molecule has 17 heavy (non-hydrogen) atoms. The second-order valence-electron chi connectivity index (χ2n) is 4.46. The summed E-state index contributed by atoms with van der Waals surface area (Å²) >= 11 is 0. The van der Waals surface area contributed by atoms with Crippen LogP contribution < -0.4 is 5.32 Å². The summed E-state index contributed by atoms with van der Waals surface area (Å²) in [6, 6.07) is 9.90. The minimum atomic E-state index is -0.299. The van der Waals surface area contributed by atoms with Crippen LogP contribution in [0.3, 0.4) is 0 Å². The van der Waals surface area contributed by atoms with Gasteiger partial charge in [0.05, 0.1) is 18.8 Å². The molecule has 2 aliphatic heterocycles. The Kier molecular flexibility index (Phi) is 2.82. The smallest absolute Gasteiger partial charge is 0.220 e. The minimum absolute atomic E-state index is 0.0104. The standard InChI is InChI=1S/C13H15NO3/c15-12-7-6-11-10(14-12)8-16-13(17-11)9-4-2-1-3-5-9/h1-5,10-11,13H,6-8H2,(H,14,15)/t10-,11-,13+/m0/s1. The molecule has 1 aromatic rings. The fourth-order valence-corrected chi connectivity index (χ4v) is 2.33. The van der Waals surface area contributed by atoms with E-state index in [1.54, 1.807) is 0 Å². The van der Waals surface area contributed by atoms with Gasteiger partial charge in [-0.1, -0.05) is 30.3 Å². The molecule has 4 nitrogen and oxygen atoms in total. The average molecular weight is 233 g/mol. The molecule has 2 aliphatic rings. The zero-order valence-corrected chi connectivity index (χ0v) is 9.46. The van der Waals surface area contributed by atoms with Gasteiger partial charge in [-0.15, -0.1) is 0 Å². The van der Waals surface area contributed by atoms with Gasteiger partial charge < -0.3 is 14.8 Å². The fourth-order valence-electron chi connectivity index (χ4n) is 2.33. The van der Waals surface area contributed by atoms with Crippen molar-refractivity contribution in [2.24, 2.45) is 0 Å². The zero-order chi connectivity index (χ0) is 11.7. The lowest BCUT2D eigenvalue weighted by molar-refractivity contribution is -0.234. The van der Waals surface area contributed by atoms with Gasteiger partial charge >= 0.3 is 0 Å². The SMILES string of the molecule is O=C1CC[C@@H]2O[C@H](c3ccccc3)OC[C@@H]2N1. The van der Waals surface area contributed by atoms with Gasteiger partial charge in [-0.05, 0) is 6.42 Å². The molecular weight excluding hydrogens is 218 g/mol. The number of benzene rings is 1. The molecule has 3 rings (SSSR count). The van der Waals surface area contributed by atoms with E-state index >= 15 is 0 Å². The molecule has 0 radical (unpaired) electrons. The molecule has 3 atom stereocenters. The number of amides is 1. The number of carbonyl (C=O) groups is 1. The second kappa shape index (κ2) is 4.47. The van der Waals surface area contributed by atoms with Crippen molar-refractivity contribution in [1.82, 2.24) is 5.32 Å². The van der Waals surface area contributed by atoms with Gasteiger partial charge in [0.1, 0.15) is 0 Å². The van der Waals surface area contributed by atoms with E-state index in [9.17, 15) is 4.79 Å². The third-order valence-electron chi connectivity index (χ3n) is 3.25. The van der Waals surface area contributed by atoms with Crippen LogP contribution in [0.5, 0.6) is 0 Å². The van der Waals surface area contributed by atoms with Crippen LogP contribution in [0.4, 0.5) is 0 Å². The maximum absolute atomic E-state index is 11.2. The Labute approximate surface area is 99.9 Å². The fraction of sp³-hybridized carbons (Fsp3) is 0.462. The van der Waals surface area contributed by atoms with Crippen molar-refractivity contribution in [1.29, 1.82) is 0 Å². The van der Waals surface area contributed by atoms with Crippen LogP contribution in [-0.2, 0) is 14.3 Å². The Morgan fingerprint density at radius 1 is 1.24 bits per heavy atom. The lowest BCUT2D eigenvalue weighted by Crippen LogP contribution is -2.54. The maximum atomic E-state index is 11.2. The number of rotatable bonds is 1. The first-order valence-electron chi connectivity index (χ1n) is 5.94. The molecular formula is C13H15NO3. The van der Waals surface area contributed by atoms with E-state index in [2.05, 4.69) is 5.32 Å². The number of piperidine rings is 1. The monoisotopic (exact) mass is 233 g/mol. The van der Waals surface area contributed by atoms with Crippen LogP contribution in [0, 0.1) is 0 Å². The van der Waals surface area contributed by atoms with Crippen molar-refractivity contribution in [3.05, 3.63) is 35.9 Å². The third-order valence-corrected chi connectivity index (χ3v) is 3.25. The first kappa shape index (κ1) is 10.7. The van der Waals surface area contributed by atoms with Crippen molar-refractivity contribution in [3.8, 4) is 0 Å². The van der Waals surface area contributed by atoms with Crippen LogP contribution in [0.1, 0.15) is 24.7 Å². The van der Waals surface area contributed by atoms with E-state index < -0.39 is 0 Å². The van der Waals surface area contributed by atoms with E-state index in [1.165, 1.54) is 0 Å². The molecule has 0 aliphatic carbocycles. The highest BCUT2D eigenvalue weighted by atomic mass is 16.7. The van der Waals surface area contributed by atoms with Gasteiger partial charge in [0.25, 0.3) is 0 Å². The zero-order valence-electron chi connectivity index (χ0n) is 9.46. The molecule has 0 unspecified atom stereocenters. The third kappa shape index (κ3) is 2.18. The molecule has 2 fully saturated rings. The van der Waals surface area contributed by atoms with Crippen LogP contribution in [0.2, 0.25) is 0 Å². The first-order valence-corrected chi connectivity index (χ1v) is 5.94. The largest absolute Gasteiger partial charge is 0.348 e. The van der Waals surface area contributed by atoms with Crippen molar-refractivity contribution < 1.29 is 14.3 Å². The van der Waals surface area contributed by atoms with Crippen molar-refractivity contribution in [3.63, 3.8) is 0 Å². The summed E-state index contributed by atoms with van der Waals surface area (Å²) in [5, 5.41) is 2.90. The Balaban J connectivity index is 1.70. The molecule has 2 heterocycles. The number of fused-ring (bicyclic) bond motifs is 1. The summed E-state index contributed by atoms with van der Waals surface area (Å²) in [5.74, 6) is 0.0941. The van der Waals surface area contributed by atoms with Crippen molar-refractivity contribution in [2.45, 2.75) is 31.3 Å². The van der Waals surface area contributed by atoms with Crippen LogP contribution >= 0.6 is 0 Å². The number of hydrogen-bond donors (Lipinski definition) is 1. The van der Waals surface area contributed by atoms with E-state index in [0.29, 0.717) is 13.0 Å². The van der Waals surface area contributed by atoms with E-state index in [1.807, 2.05) is 30.3 Å². The summed E-state index contributed by atoms with van der Waals surface area (Å²) in [5.41, 5.74) is 1.03. The van der Waals surface area contributed by atoms with E-state index in [-0.39, 0.29) is 24.3 Å². The van der Waals surface area contributed by atoms with Gasteiger partial charge in [-0.25, -0.2) is 0 Å². The Morgan fingerprint density at radius 3 is 2.88 bits per heavy atom. The summed E-state index contributed by atoms with van der Waals surface area (Å²) in [6.07, 6.45) is 1.10. The Bertz CT molecular complexity index is 406. The van der Waals surface area contributed by atoms with Gasteiger partial charge in [-0.2, -0.15) is 0 Å². The molecule has 0 spiro atoms. The highest BCUT2D eigenvalue weighted by molar-refractivity contribution is 5.77. The number of hydrogen-bond acceptors (Lipinski definition) is 3. The quantitative estimate of drug-likeness (QED) is 0.797. The van der Waals surface area contributed by atoms with Crippen LogP contribution in [-0.4, -0.2) is 24.7 Å². The minimum Gasteiger partial charge on any atom is -0.348 e. The van der Waals surface area contributed by atoms with Gasteiger partial charge in [-0.3, -0.25) is 4.79 Å². The molecule has 1 aromatic carbocycles. The molecule has 1 amide bonds. The number of ether oxygens (including phenoxy) is 2. The Hall–Kier alpha value is -1.39. The summed E-state index contributed by atoms with van der Waals surface area (Å²) in [4.78, 5) is 11.2. The number of nitrogens with one attached hydrogen (secondary N) is 1. The highest BCUT2D eigenvalue weighted by Crippen LogP contribution is 2.29. The second-order valence-corrected chi connectivity index (χ2v) is 4.46. The normalized spacial score (nSPS) is 32.7. The molecule has 0 bridgehead atoms. The predicted molar refractivity (Wildman–Crippen MR) is 61.2 cm³/mol. The lowest BCUT2D eigenvalue weighted by Gasteiger charge is -2.39. The molecule has 90 valence electrons. The molecule has 1 N–H and O–H groups in total. The van der Waals surface area contributed by atoms with E-state index in [0.717, 1.165) is 12.0 Å². The predicted octanol–water partition coefficient (Wildman–Crippen LogP) is 1.38. The van der Waals surface area contributed by atoms with Gasteiger partial charge in [0.15, 0.2) is 6.29 Å². The molecule has 2 saturated heterocycles. The molecule has 4 heteroatoms. The first-order chi connectivity index (χ1) is 8.33. The summed E-state index contributed by atoms with van der Waals surface area (Å²) in [7, 11) is 0. The van der Waals surface area contributed by atoms with Gasteiger partial charge in [0, 0.05) is 12.0 Å². The summed E-state index contributed by atoms with van der Waals surface area (Å²) < 4.78 is 11.5. The van der Waals surface area contributed by atoms with Crippen LogP contribution in [0.15, 0.2) is 30.3 Å². The highest BCUT2D eigenvalue weighted by Gasteiger charge is 2.36. The summed E-state index contributed by atoms with van der Waals surface area (Å²) in [6.45, 7) is 0.524.